The zero-order valence-corrected chi connectivity index (χ0v) is 28.6. The fraction of sp³-hybridized carbons (Fsp3) is 0.257. The summed E-state index contributed by atoms with van der Waals surface area (Å²) in [6.45, 7) is 5.26. The number of hydrogen-bond donors (Lipinski definition) is 1. The number of carbonyl (C=O) groups excluding carboxylic acids is 2. The van der Waals surface area contributed by atoms with Crippen LogP contribution in [-0.4, -0.2) is 43.8 Å². The lowest BCUT2D eigenvalue weighted by atomic mass is 10.0. The fourth-order valence-electron chi connectivity index (χ4n) is 4.82. The molecule has 4 rings (SSSR count). The van der Waals surface area contributed by atoms with E-state index in [-0.39, 0.29) is 29.8 Å². The molecular formula is C35H37BrClN3O4S. The second-order valence-corrected chi connectivity index (χ2v) is 14.2. The fourth-order valence-corrected chi connectivity index (χ4v) is 6.83. The molecule has 0 radical (unpaired) electrons. The summed E-state index contributed by atoms with van der Waals surface area (Å²) in [4.78, 5) is 29.9. The molecule has 0 aliphatic carbocycles. The lowest BCUT2D eigenvalue weighted by molar-refractivity contribution is -0.140. The van der Waals surface area contributed by atoms with Crippen molar-refractivity contribution in [3.8, 4) is 0 Å². The molecule has 0 aliphatic rings. The Morgan fingerprint density at radius 1 is 0.889 bits per heavy atom. The Labute approximate surface area is 279 Å². The minimum Gasteiger partial charge on any atom is -0.352 e. The third-order valence-electron chi connectivity index (χ3n) is 7.50. The van der Waals surface area contributed by atoms with Crippen LogP contribution in [0.5, 0.6) is 0 Å². The molecule has 236 valence electrons. The lowest BCUT2D eigenvalue weighted by Gasteiger charge is -2.34. The van der Waals surface area contributed by atoms with Crippen molar-refractivity contribution in [2.45, 2.75) is 57.1 Å². The molecular weight excluding hydrogens is 674 g/mol. The van der Waals surface area contributed by atoms with Crippen molar-refractivity contribution < 1.29 is 18.0 Å². The van der Waals surface area contributed by atoms with E-state index in [2.05, 4.69) is 21.2 Å². The number of amides is 2. The molecule has 0 unspecified atom stereocenters. The van der Waals surface area contributed by atoms with Gasteiger partial charge in [0, 0.05) is 28.5 Å². The van der Waals surface area contributed by atoms with Crippen LogP contribution in [0.15, 0.2) is 112 Å². The van der Waals surface area contributed by atoms with Gasteiger partial charge in [-0.3, -0.25) is 13.9 Å². The predicted octanol–water partition coefficient (Wildman–Crippen LogP) is 7.16. The van der Waals surface area contributed by atoms with Gasteiger partial charge in [0.1, 0.15) is 12.6 Å². The highest BCUT2D eigenvalue weighted by Gasteiger charge is 2.35. The molecule has 0 saturated heterocycles. The predicted molar refractivity (Wildman–Crippen MR) is 184 cm³/mol. The van der Waals surface area contributed by atoms with Crippen molar-refractivity contribution in [3.63, 3.8) is 0 Å². The van der Waals surface area contributed by atoms with E-state index < -0.39 is 28.5 Å². The van der Waals surface area contributed by atoms with Gasteiger partial charge in [-0.2, -0.15) is 0 Å². The van der Waals surface area contributed by atoms with Crippen LogP contribution in [0.2, 0.25) is 5.02 Å². The number of aryl methyl sites for hydroxylation is 1. The first-order valence-electron chi connectivity index (χ1n) is 14.7. The summed E-state index contributed by atoms with van der Waals surface area (Å²) in [5.74, 6) is -0.857. The smallest absolute Gasteiger partial charge is 0.264 e. The molecule has 0 fully saturated rings. The molecule has 7 nitrogen and oxygen atoms in total. The summed E-state index contributed by atoms with van der Waals surface area (Å²) in [5.41, 5.74) is 2.79. The second-order valence-electron chi connectivity index (χ2n) is 11.0. The number of anilines is 1. The number of benzene rings is 4. The molecule has 0 aliphatic heterocycles. The third kappa shape index (κ3) is 9.19. The summed E-state index contributed by atoms with van der Waals surface area (Å²) < 4.78 is 30.0. The lowest BCUT2D eigenvalue weighted by Crippen LogP contribution is -2.54. The highest BCUT2D eigenvalue weighted by molar-refractivity contribution is 9.10. The number of nitrogens with one attached hydrogen (secondary N) is 1. The zero-order chi connectivity index (χ0) is 32.6. The molecule has 0 heterocycles. The quantitative estimate of drug-likeness (QED) is 0.160. The number of hydrogen-bond acceptors (Lipinski definition) is 4. The van der Waals surface area contributed by atoms with Gasteiger partial charge in [0.25, 0.3) is 10.0 Å². The Hall–Kier alpha value is -3.66. The van der Waals surface area contributed by atoms with Crippen LogP contribution in [0.1, 0.15) is 37.0 Å². The van der Waals surface area contributed by atoms with Gasteiger partial charge in [-0.15, -0.1) is 0 Å². The first-order valence-corrected chi connectivity index (χ1v) is 17.3. The van der Waals surface area contributed by atoms with E-state index in [0.29, 0.717) is 27.2 Å². The minimum atomic E-state index is -4.18. The molecule has 0 spiro atoms. The summed E-state index contributed by atoms with van der Waals surface area (Å²) in [6.07, 6.45) is 0.939. The van der Waals surface area contributed by atoms with Crippen LogP contribution in [0.4, 0.5) is 5.69 Å². The van der Waals surface area contributed by atoms with Gasteiger partial charge in [0.2, 0.25) is 11.8 Å². The molecule has 0 aromatic heterocycles. The monoisotopic (exact) mass is 709 g/mol. The van der Waals surface area contributed by atoms with Gasteiger partial charge in [-0.25, -0.2) is 8.42 Å². The Bertz CT molecular complexity index is 1720. The third-order valence-corrected chi connectivity index (χ3v) is 10.0. The van der Waals surface area contributed by atoms with E-state index in [1.54, 1.807) is 54.6 Å². The SMILES string of the molecule is CC[C@H](C)NC(=O)[C@@H](Cc1ccccc1)N(Cc1cccc(Cl)c1)C(=O)CN(c1cccc(Br)c1)S(=O)(=O)c1ccc(C)cc1. The summed E-state index contributed by atoms with van der Waals surface area (Å²) >= 11 is 9.75. The van der Waals surface area contributed by atoms with Crippen LogP contribution in [0, 0.1) is 6.92 Å². The van der Waals surface area contributed by atoms with E-state index in [1.165, 1.54) is 17.0 Å². The summed E-state index contributed by atoms with van der Waals surface area (Å²) in [7, 11) is -4.18. The molecule has 10 heteroatoms. The Kier molecular flexibility index (Phi) is 11.8. The first-order chi connectivity index (χ1) is 21.5. The maximum atomic E-state index is 14.5. The Morgan fingerprint density at radius 3 is 2.20 bits per heavy atom. The first kappa shape index (κ1) is 34.2. The van der Waals surface area contributed by atoms with Gasteiger partial charge >= 0.3 is 0 Å². The van der Waals surface area contributed by atoms with Gasteiger partial charge in [0.05, 0.1) is 10.6 Å². The number of rotatable bonds is 13. The maximum Gasteiger partial charge on any atom is 0.264 e. The topological polar surface area (TPSA) is 86.8 Å². The van der Waals surface area contributed by atoms with E-state index in [1.807, 2.05) is 57.2 Å². The van der Waals surface area contributed by atoms with Crippen molar-refractivity contribution in [1.82, 2.24) is 10.2 Å². The summed E-state index contributed by atoms with van der Waals surface area (Å²) in [5, 5.41) is 3.53. The highest BCUT2D eigenvalue weighted by Crippen LogP contribution is 2.28. The Balaban J connectivity index is 1.81. The van der Waals surface area contributed by atoms with Crippen molar-refractivity contribution in [2.75, 3.05) is 10.8 Å². The minimum absolute atomic E-state index is 0.0434. The van der Waals surface area contributed by atoms with Gasteiger partial charge in [-0.05, 0) is 73.9 Å². The standard InChI is InChI=1S/C35H37BrClN3O4S/c1-4-26(3)38-35(42)33(21-27-10-6-5-7-11-27)39(23-28-12-8-14-30(37)20-28)34(41)24-40(31-15-9-13-29(36)22-31)45(43,44)32-18-16-25(2)17-19-32/h5-20,22,26,33H,4,21,23-24H2,1-3H3,(H,38,42)/t26-,33+/m0/s1. The Morgan fingerprint density at radius 2 is 1.56 bits per heavy atom. The molecule has 0 saturated carbocycles. The van der Waals surface area contributed by atoms with E-state index in [4.69, 9.17) is 11.6 Å². The van der Waals surface area contributed by atoms with Crippen molar-refractivity contribution >= 4 is 55.1 Å². The van der Waals surface area contributed by atoms with Crippen molar-refractivity contribution in [2.24, 2.45) is 0 Å². The molecule has 2 atom stereocenters. The molecule has 2 amide bonds. The largest absolute Gasteiger partial charge is 0.352 e. The highest BCUT2D eigenvalue weighted by atomic mass is 79.9. The second kappa shape index (κ2) is 15.6. The van der Waals surface area contributed by atoms with Crippen LogP contribution < -0.4 is 9.62 Å². The van der Waals surface area contributed by atoms with Crippen LogP contribution in [0.25, 0.3) is 0 Å². The van der Waals surface area contributed by atoms with Gasteiger partial charge in [-0.1, -0.05) is 101 Å². The molecule has 45 heavy (non-hydrogen) atoms. The number of carbonyl (C=O) groups is 2. The average Bonchev–Trinajstić information content (AvgIpc) is 3.02. The maximum absolute atomic E-state index is 14.5. The molecule has 1 N–H and O–H groups in total. The van der Waals surface area contributed by atoms with E-state index >= 15 is 0 Å². The zero-order valence-electron chi connectivity index (χ0n) is 25.5. The molecule has 4 aromatic rings. The molecule has 4 aromatic carbocycles. The van der Waals surface area contributed by atoms with Crippen LogP contribution >= 0.6 is 27.5 Å². The molecule has 0 bridgehead atoms. The van der Waals surface area contributed by atoms with Crippen molar-refractivity contribution in [1.29, 1.82) is 0 Å². The van der Waals surface area contributed by atoms with Crippen LogP contribution in [0.3, 0.4) is 0 Å². The number of sulfonamides is 1. The van der Waals surface area contributed by atoms with Crippen LogP contribution in [-0.2, 0) is 32.6 Å². The van der Waals surface area contributed by atoms with E-state index in [9.17, 15) is 18.0 Å². The van der Waals surface area contributed by atoms with Crippen molar-refractivity contribution in [3.05, 3.63) is 129 Å². The average molecular weight is 711 g/mol. The van der Waals surface area contributed by atoms with Gasteiger partial charge in [0.15, 0.2) is 0 Å². The number of halogens is 2. The summed E-state index contributed by atoms with van der Waals surface area (Å²) in [6, 6.07) is 28.8. The number of nitrogens with zero attached hydrogens (tertiary/aromatic N) is 2. The van der Waals surface area contributed by atoms with Gasteiger partial charge < -0.3 is 10.2 Å². The normalized spacial score (nSPS) is 12.6. The van der Waals surface area contributed by atoms with E-state index in [0.717, 1.165) is 15.4 Å².